The van der Waals surface area contributed by atoms with E-state index in [1.807, 2.05) is 63.3 Å². The molecule has 5 rings (SSSR count). The number of rotatable bonds is 5. The number of para-hydroxylation sites is 1. The van der Waals surface area contributed by atoms with Gasteiger partial charge in [0.2, 0.25) is 5.91 Å². The van der Waals surface area contributed by atoms with Crippen molar-refractivity contribution in [1.29, 1.82) is 0 Å². The Labute approximate surface area is 217 Å². The molecule has 4 aliphatic rings. The lowest BCUT2D eigenvalue weighted by molar-refractivity contribution is -0.159. The largest absolute Gasteiger partial charge is 0.465 e. The summed E-state index contributed by atoms with van der Waals surface area (Å²) in [7, 11) is 0. The van der Waals surface area contributed by atoms with Gasteiger partial charge in [-0.05, 0) is 50.7 Å². The molecule has 5 atom stereocenters. The second-order valence-corrected chi connectivity index (χ2v) is 10.5. The van der Waals surface area contributed by atoms with Crippen LogP contribution in [0.25, 0.3) is 0 Å². The van der Waals surface area contributed by atoms with Gasteiger partial charge in [-0.15, -0.1) is 0 Å². The quantitative estimate of drug-likeness (QED) is 0.485. The first kappa shape index (κ1) is 25.7. The fourth-order valence-electron chi connectivity index (χ4n) is 6.79. The van der Waals surface area contributed by atoms with E-state index in [0.717, 1.165) is 23.2 Å². The highest BCUT2D eigenvalue weighted by molar-refractivity contribution is 6.06. The number of allylic oxidation sites excluding steroid dienone is 1. The van der Waals surface area contributed by atoms with Crippen LogP contribution in [-0.4, -0.2) is 71.3 Å². The Morgan fingerprint density at radius 3 is 2.51 bits per heavy atom. The molecule has 1 spiro atoms. The number of hydrogen-bond acceptors (Lipinski definition) is 6. The van der Waals surface area contributed by atoms with Gasteiger partial charge in [0, 0.05) is 25.4 Å². The van der Waals surface area contributed by atoms with Crippen molar-refractivity contribution in [3.05, 3.63) is 53.6 Å². The normalized spacial score (nSPS) is 34.2. The van der Waals surface area contributed by atoms with Gasteiger partial charge in [-0.2, -0.15) is 0 Å². The summed E-state index contributed by atoms with van der Waals surface area (Å²) < 4.78 is 12.6. The van der Waals surface area contributed by atoms with Crippen LogP contribution in [0.5, 0.6) is 0 Å². The number of likely N-dealkylation sites (tertiary alicyclic amines) is 1. The van der Waals surface area contributed by atoms with Crippen molar-refractivity contribution in [2.45, 2.75) is 63.7 Å². The van der Waals surface area contributed by atoms with Crippen molar-refractivity contribution in [1.82, 2.24) is 4.90 Å². The molecule has 1 unspecified atom stereocenters. The summed E-state index contributed by atoms with van der Waals surface area (Å²) in [5.41, 5.74) is 0.362. The summed E-state index contributed by atoms with van der Waals surface area (Å²) in [6.07, 6.45) is 9.88. The minimum atomic E-state index is -1.32. The van der Waals surface area contributed by atoms with Crippen molar-refractivity contribution >= 4 is 23.5 Å². The van der Waals surface area contributed by atoms with Gasteiger partial charge < -0.3 is 24.4 Å². The van der Waals surface area contributed by atoms with Crippen LogP contribution < -0.4 is 4.90 Å². The maximum absolute atomic E-state index is 14.5. The summed E-state index contributed by atoms with van der Waals surface area (Å²) in [5, 5.41) is 9.58. The highest BCUT2D eigenvalue weighted by atomic mass is 16.6. The van der Waals surface area contributed by atoms with E-state index < -0.39 is 35.0 Å². The number of carbonyl (C=O) groups is 3. The Morgan fingerprint density at radius 1 is 1.05 bits per heavy atom. The third kappa shape index (κ3) is 3.84. The minimum Gasteiger partial charge on any atom is -0.465 e. The molecule has 8 nitrogen and oxygen atoms in total. The highest BCUT2D eigenvalue weighted by Gasteiger charge is 2.75. The number of ether oxygens (including phenoxy) is 2. The minimum absolute atomic E-state index is 0.118. The van der Waals surface area contributed by atoms with E-state index in [0.29, 0.717) is 25.8 Å². The van der Waals surface area contributed by atoms with Gasteiger partial charge >= 0.3 is 5.97 Å². The molecule has 2 amide bonds. The van der Waals surface area contributed by atoms with Crippen molar-refractivity contribution in [3.8, 4) is 0 Å². The average molecular weight is 509 g/mol. The number of cyclic esters (lactones) is 1. The first-order valence-corrected chi connectivity index (χ1v) is 13.3. The molecule has 0 aliphatic carbocycles. The van der Waals surface area contributed by atoms with Crippen LogP contribution >= 0.6 is 0 Å². The van der Waals surface area contributed by atoms with Crippen molar-refractivity contribution < 1.29 is 29.0 Å². The number of nitrogens with zero attached hydrogens (tertiary/aromatic N) is 2. The molecule has 198 valence electrons. The molecular formula is C29H36N2O6. The summed E-state index contributed by atoms with van der Waals surface area (Å²) in [4.78, 5) is 45.4. The third-order valence-electron chi connectivity index (χ3n) is 8.40. The van der Waals surface area contributed by atoms with Crippen LogP contribution in [0.4, 0.5) is 5.69 Å². The first-order chi connectivity index (χ1) is 17.8. The van der Waals surface area contributed by atoms with Gasteiger partial charge in [0.15, 0.2) is 0 Å². The van der Waals surface area contributed by atoms with E-state index in [2.05, 4.69) is 0 Å². The van der Waals surface area contributed by atoms with E-state index in [-0.39, 0.29) is 31.6 Å². The second kappa shape index (κ2) is 9.72. The molecule has 1 aromatic carbocycles. The van der Waals surface area contributed by atoms with Crippen LogP contribution in [0.15, 0.2) is 42.5 Å². The molecular weight excluding hydrogens is 472 g/mol. The fourth-order valence-corrected chi connectivity index (χ4v) is 6.79. The molecule has 1 N–H and O–H groups in total. The Hall–Kier alpha value is -2.97. The van der Waals surface area contributed by atoms with E-state index in [9.17, 15) is 19.5 Å². The van der Waals surface area contributed by atoms with Crippen LogP contribution in [0.1, 0.15) is 43.7 Å². The Kier molecular flexibility index (Phi) is 6.75. The van der Waals surface area contributed by atoms with Gasteiger partial charge in [-0.25, -0.2) is 0 Å². The Morgan fingerprint density at radius 2 is 1.81 bits per heavy atom. The van der Waals surface area contributed by atoms with Gasteiger partial charge in [-0.1, -0.05) is 49.4 Å². The maximum atomic E-state index is 14.5. The predicted octanol–water partition coefficient (Wildman–Crippen LogP) is 2.84. The van der Waals surface area contributed by atoms with Crippen molar-refractivity contribution in [2.24, 2.45) is 11.8 Å². The summed E-state index contributed by atoms with van der Waals surface area (Å²) in [5.74, 6) is -2.77. The van der Waals surface area contributed by atoms with Gasteiger partial charge in [0.1, 0.15) is 23.2 Å². The number of aliphatic hydroxyl groups is 1. The standard InChI is InChI=1S/C29H36N2O6/c1-4-28-13-6-5-7-18-36-27(35)22(28)21-25(33)31(16-10-17-32)24-26(34)30(15-9-14-29(21,24)37-28)23-19(2)11-8-12-20(23)3/h6,8-9,11-14,21-22,24,32H,4-5,7,10,15-18H2,1-3H3/b13-6-/t21-,22+,24?,28-,29-/m0/s1. The number of amides is 2. The SMILES string of the molecule is CC[C@]12/C=C\CCCOC(=O)[C@H]1[C@H]1C(=O)N(CCCO)C3C(=O)N(c4c(C)cccc4C)CC=C[C@@]31O2. The molecule has 0 aromatic heterocycles. The molecule has 0 radical (unpaired) electrons. The Balaban J connectivity index is 1.68. The van der Waals surface area contributed by atoms with Crippen LogP contribution in [0, 0.1) is 25.7 Å². The van der Waals surface area contributed by atoms with E-state index >= 15 is 0 Å². The fraction of sp³-hybridized carbons (Fsp3) is 0.552. The predicted molar refractivity (Wildman–Crippen MR) is 138 cm³/mol. The van der Waals surface area contributed by atoms with Crippen LogP contribution in [0.2, 0.25) is 0 Å². The smallest absolute Gasteiger partial charge is 0.313 e. The highest BCUT2D eigenvalue weighted by Crippen LogP contribution is 2.58. The summed E-state index contributed by atoms with van der Waals surface area (Å²) >= 11 is 0. The number of aliphatic hydroxyl groups excluding tert-OH is 1. The van der Waals surface area contributed by atoms with E-state index in [1.165, 1.54) is 4.90 Å². The first-order valence-electron chi connectivity index (χ1n) is 13.3. The molecule has 4 aliphatic heterocycles. The second-order valence-electron chi connectivity index (χ2n) is 10.5. The zero-order valence-corrected chi connectivity index (χ0v) is 21.8. The molecule has 0 saturated carbocycles. The number of aryl methyl sites for hydroxylation is 2. The molecule has 4 heterocycles. The zero-order chi connectivity index (χ0) is 26.4. The van der Waals surface area contributed by atoms with Crippen LogP contribution in [-0.2, 0) is 23.9 Å². The average Bonchev–Trinajstić information content (AvgIpc) is 3.25. The van der Waals surface area contributed by atoms with Crippen LogP contribution in [0.3, 0.4) is 0 Å². The molecule has 37 heavy (non-hydrogen) atoms. The number of hydrogen-bond donors (Lipinski definition) is 1. The molecule has 2 saturated heterocycles. The number of anilines is 1. The molecule has 0 bridgehead atoms. The number of fused-ring (bicyclic) bond motifs is 2. The van der Waals surface area contributed by atoms with Gasteiger partial charge in [-0.3, -0.25) is 14.4 Å². The lowest BCUT2D eigenvalue weighted by atomic mass is 9.73. The Bertz CT molecular complexity index is 1140. The number of carbonyl (C=O) groups excluding carboxylic acids is 3. The van der Waals surface area contributed by atoms with E-state index in [4.69, 9.17) is 9.47 Å². The summed E-state index contributed by atoms with van der Waals surface area (Å²) in [6.45, 7) is 6.55. The monoisotopic (exact) mass is 508 g/mol. The summed E-state index contributed by atoms with van der Waals surface area (Å²) in [6, 6.07) is 4.93. The lowest BCUT2D eigenvalue weighted by Crippen LogP contribution is -2.56. The maximum Gasteiger partial charge on any atom is 0.313 e. The topological polar surface area (TPSA) is 96.4 Å². The lowest BCUT2D eigenvalue weighted by Gasteiger charge is -2.38. The molecule has 8 heteroatoms. The zero-order valence-electron chi connectivity index (χ0n) is 21.8. The third-order valence-corrected chi connectivity index (χ3v) is 8.40. The number of benzene rings is 1. The molecule has 1 aromatic rings. The van der Waals surface area contributed by atoms with Crippen molar-refractivity contribution in [2.75, 3.05) is 31.2 Å². The van der Waals surface area contributed by atoms with Crippen molar-refractivity contribution in [3.63, 3.8) is 0 Å². The molecule has 2 fully saturated rings. The van der Waals surface area contributed by atoms with E-state index in [1.54, 1.807) is 4.90 Å². The van der Waals surface area contributed by atoms with Gasteiger partial charge in [0.25, 0.3) is 5.91 Å². The number of esters is 1. The van der Waals surface area contributed by atoms with Gasteiger partial charge in [0.05, 0.1) is 12.5 Å².